The van der Waals surface area contributed by atoms with Crippen molar-refractivity contribution in [1.29, 1.82) is 0 Å². The van der Waals surface area contributed by atoms with Crippen molar-refractivity contribution in [3.05, 3.63) is 97.2 Å². The Morgan fingerprint density at radius 1 is 0.444 bits per heavy atom. The zero-order valence-corrected chi connectivity index (χ0v) is 54.4. The van der Waals surface area contributed by atoms with E-state index < -0.39 is 26.6 Å². The number of hydrogen-bond donors (Lipinski definition) is 1. The van der Waals surface area contributed by atoms with Gasteiger partial charge in [-0.2, -0.15) is 0 Å². The van der Waals surface area contributed by atoms with Crippen LogP contribution in [-0.4, -0.2) is 69.4 Å². The third kappa shape index (κ3) is 61.3. The van der Waals surface area contributed by atoms with Crippen molar-refractivity contribution in [3.63, 3.8) is 0 Å². The molecule has 81 heavy (non-hydrogen) atoms. The van der Waals surface area contributed by atoms with Gasteiger partial charge in [0.1, 0.15) is 19.3 Å². The van der Waals surface area contributed by atoms with Gasteiger partial charge in [-0.3, -0.25) is 14.2 Å². The van der Waals surface area contributed by atoms with Crippen LogP contribution in [0.25, 0.3) is 0 Å². The van der Waals surface area contributed by atoms with E-state index in [0.29, 0.717) is 17.4 Å². The van der Waals surface area contributed by atoms with E-state index in [0.717, 1.165) is 122 Å². The van der Waals surface area contributed by atoms with Gasteiger partial charge in [0.2, 0.25) is 5.91 Å². The van der Waals surface area contributed by atoms with Gasteiger partial charge in [-0.25, -0.2) is 0 Å². The number of allylic oxidation sites excluding steroid dienone is 15. The zero-order chi connectivity index (χ0) is 59.3. The summed E-state index contributed by atoms with van der Waals surface area (Å²) in [4.78, 5) is 40.1. The minimum Gasteiger partial charge on any atom is -0.756 e. The van der Waals surface area contributed by atoms with E-state index in [-0.39, 0.29) is 24.9 Å². The fourth-order valence-electron chi connectivity index (χ4n) is 9.34. The van der Waals surface area contributed by atoms with Crippen LogP contribution in [0.4, 0.5) is 0 Å². The minimum absolute atomic E-state index is 0.0283. The van der Waals surface area contributed by atoms with Crippen LogP contribution >= 0.6 is 7.82 Å². The number of phosphoric ester groups is 1. The summed E-state index contributed by atoms with van der Waals surface area (Å²) in [6.07, 6.45) is 80.9. The van der Waals surface area contributed by atoms with Crippen LogP contribution in [0, 0.1) is 0 Å². The Bertz CT molecular complexity index is 1710. The Labute approximate surface area is 500 Å². The first-order chi connectivity index (χ1) is 39.4. The predicted octanol–water partition coefficient (Wildman–Crippen LogP) is 20.5. The third-order valence-electron chi connectivity index (χ3n) is 14.5. The molecule has 0 aromatic heterocycles. The number of quaternary nitrogens is 1. The summed E-state index contributed by atoms with van der Waals surface area (Å²) in [5.41, 5.74) is 0. The number of ether oxygens (including phenoxy) is 1. The number of carbonyl (C=O) groups is 2. The number of rotatable bonds is 60. The highest BCUT2D eigenvalue weighted by Gasteiger charge is 2.27. The van der Waals surface area contributed by atoms with E-state index in [1.54, 1.807) is 0 Å². The third-order valence-corrected chi connectivity index (χ3v) is 15.5. The minimum atomic E-state index is -4.71. The average Bonchev–Trinajstić information content (AvgIpc) is 3.44. The highest BCUT2D eigenvalue weighted by Crippen LogP contribution is 2.38. The highest BCUT2D eigenvalue weighted by atomic mass is 31.2. The zero-order valence-electron chi connectivity index (χ0n) is 53.5. The lowest BCUT2D eigenvalue weighted by molar-refractivity contribution is -0.870. The molecule has 0 aliphatic heterocycles. The molecule has 1 amide bonds. The van der Waals surface area contributed by atoms with E-state index in [1.165, 1.54) is 135 Å². The molecule has 0 spiro atoms. The molecule has 3 unspecified atom stereocenters. The molecule has 0 aliphatic rings. The molecule has 1 N–H and O–H groups in total. The second kappa shape index (κ2) is 60.1. The average molecular weight is 1150 g/mol. The summed E-state index contributed by atoms with van der Waals surface area (Å²) in [5.74, 6) is -0.554. The van der Waals surface area contributed by atoms with Gasteiger partial charge in [-0.15, -0.1) is 0 Å². The Kier molecular flexibility index (Phi) is 57.8. The standard InChI is InChI=1S/C71H127N2O7P/c1-7-10-13-16-19-22-25-28-30-31-32-33-34-35-36-37-38-39-40-41-43-45-48-51-54-57-60-63-70(74)72-68(67-79-81(76,77)78-66-65-73(4,5)6)69(62-59-56-53-50-47-44-27-24-21-18-15-12-9-3)80-71(75)64-61-58-55-52-49-46-42-29-26-23-20-17-14-11-8-2/h10,13,19,22-23,26,28,30,32-33,35-36,38-39,59,62,68-69H,7-9,11-12,14-18,20-21,24-25,27,29,31,34,37,40-58,60-61,63-67H2,1-6H3,(H-,72,74,76,77)/b13-10-,22-19-,26-23-,30-28-,33-32-,36-35-,39-38-,62-59-. The molecule has 0 rings (SSSR count). The number of esters is 1. The van der Waals surface area contributed by atoms with Crippen molar-refractivity contribution < 1.29 is 37.3 Å². The molecule has 3 atom stereocenters. The van der Waals surface area contributed by atoms with Gasteiger partial charge in [-0.05, 0) is 109 Å². The summed E-state index contributed by atoms with van der Waals surface area (Å²) >= 11 is 0. The molecular formula is C71H127N2O7P. The lowest BCUT2D eigenvalue weighted by Gasteiger charge is -2.30. The van der Waals surface area contributed by atoms with E-state index >= 15 is 0 Å². The van der Waals surface area contributed by atoms with Crippen LogP contribution < -0.4 is 10.2 Å². The molecule has 0 radical (unpaired) electrons. The van der Waals surface area contributed by atoms with Crippen LogP contribution in [0.5, 0.6) is 0 Å². The number of likely N-dealkylation sites (N-methyl/N-ethyl adjacent to an activating group) is 1. The molecule has 0 heterocycles. The van der Waals surface area contributed by atoms with Crippen molar-refractivity contribution in [1.82, 2.24) is 5.32 Å². The van der Waals surface area contributed by atoms with Crippen molar-refractivity contribution in [2.24, 2.45) is 0 Å². The fraction of sp³-hybridized carbons (Fsp3) is 0.746. The summed E-state index contributed by atoms with van der Waals surface area (Å²) in [6, 6.07) is -0.900. The lowest BCUT2D eigenvalue weighted by atomic mass is 10.0. The predicted molar refractivity (Wildman–Crippen MR) is 348 cm³/mol. The van der Waals surface area contributed by atoms with Crippen LogP contribution in [0.2, 0.25) is 0 Å². The number of nitrogens with one attached hydrogen (secondary N) is 1. The Morgan fingerprint density at radius 2 is 0.790 bits per heavy atom. The SMILES string of the molecule is CC/C=C\C/C=C\C/C=C\C/C=C\C/C=C\C/C=C\CCCCCCCCCCC(=O)NC(COP(=O)([O-])OCC[N+](C)(C)C)C(/C=C\CCCCCCCCCCCCC)OC(=O)CCCCCCCCC/C=C\CCCCCC. The second-order valence-electron chi connectivity index (χ2n) is 23.6. The van der Waals surface area contributed by atoms with Crippen LogP contribution in [0.1, 0.15) is 290 Å². The van der Waals surface area contributed by atoms with Crippen molar-refractivity contribution in [3.8, 4) is 0 Å². The summed E-state index contributed by atoms with van der Waals surface area (Å²) in [5, 5.41) is 3.03. The van der Waals surface area contributed by atoms with Crippen molar-refractivity contribution in [2.45, 2.75) is 303 Å². The lowest BCUT2D eigenvalue weighted by Crippen LogP contribution is -2.47. The second-order valence-corrected chi connectivity index (χ2v) is 25.0. The van der Waals surface area contributed by atoms with Gasteiger partial charge in [-0.1, -0.05) is 266 Å². The number of amides is 1. The maximum atomic E-state index is 13.6. The smallest absolute Gasteiger partial charge is 0.306 e. The van der Waals surface area contributed by atoms with Crippen molar-refractivity contribution >= 4 is 19.7 Å². The highest BCUT2D eigenvalue weighted by molar-refractivity contribution is 7.45. The van der Waals surface area contributed by atoms with E-state index in [9.17, 15) is 19.0 Å². The number of hydrogen-bond acceptors (Lipinski definition) is 7. The first kappa shape index (κ1) is 77.9. The van der Waals surface area contributed by atoms with Gasteiger partial charge in [0.25, 0.3) is 7.82 Å². The van der Waals surface area contributed by atoms with Gasteiger partial charge in [0.15, 0.2) is 0 Å². The molecule has 468 valence electrons. The number of unbranched alkanes of at least 4 members (excludes halogenated alkanes) is 30. The molecule has 0 aliphatic carbocycles. The molecule has 9 nitrogen and oxygen atoms in total. The summed E-state index contributed by atoms with van der Waals surface area (Å²) in [7, 11) is 1.17. The van der Waals surface area contributed by atoms with Gasteiger partial charge < -0.3 is 28.5 Å². The van der Waals surface area contributed by atoms with Gasteiger partial charge in [0, 0.05) is 12.8 Å². The Morgan fingerprint density at radius 3 is 1.21 bits per heavy atom. The van der Waals surface area contributed by atoms with Gasteiger partial charge >= 0.3 is 5.97 Å². The quantitative estimate of drug-likeness (QED) is 0.0212. The number of carbonyl (C=O) groups excluding carboxylic acids is 2. The van der Waals surface area contributed by atoms with Crippen LogP contribution in [0.3, 0.4) is 0 Å². The van der Waals surface area contributed by atoms with E-state index in [1.807, 2.05) is 33.3 Å². The van der Waals surface area contributed by atoms with Crippen molar-refractivity contribution in [2.75, 3.05) is 40.9 Å². The molecular weight excluding hydrogens is 1020 g/mol. The summed E-state index contributed by atoms with van der Waals surface area (Å²) in [6.45, 7) is 6.72. The van der Waals surface area contributed by atoms with Gasteiger partial charge in [0.05, 0.1) is 33.8 Å². The van der Waals surface area contributed by atoms with Crippen LogP contribution in [-0.2, 0) is 27.9 Å². The largest absolute Gasteiger partial charge is 0.756 e. The van der Waals surface area contributed by atoms with Crippen LogP contribution in [0.15, 0.2) is 97.2 Å². The molecule has 0 aromatic carbocycles. The number of phosphoric acid groups is 1. The topological polar surface area (TPSA) is 114 Å². The molecule has 0 bridgehead atoms. The maximum Gasteiger partial charge on any atom is 0.306 e. The molecule has 10 heteroatoms. The summed E-state index contributed by atoms with van der Waals surface area (Å²) < 4.78 is 30.4. The normalized spacial score (nSPS) is 14.2. The molecule has 0 saturated carbocycles. The number of nitrogens with zero attached hydrogens (tertiary/aromatic N) is 1. The monoisotopic (exact) mass is 1150 g/mol. The first-order valence-electron chi connectivity index (χ1n) is 33.5. The Balaban J connectivity index is 5.15. The maximum absolute atomic E-state index is 13.6. The van der Waals surface area contributed by atoms with E-state index in [2.05, 4.69) is 111 Å². The van der Waals surface area contributed by atoms with E-state index in [4.69, 9.17) is 13.8 Å². The molecule has 0 saturated heterocycles. The first-order valence-corrected chi connectivity index (χ1v) is 35.0. The fourth-order valence-corrected chi connectivity index (χ4v) is 10.1. The Hall–Kier alpha value is -3.07. The molecule has 0 aromatic rings. The molecule has 0 fully saturated rings.